The summed E-state index contributed by atoms with van der Waals surface area (Å²) in [7, 11) is 0. The van der Waals surface area contributed by atoms with Crippen LogP contribution in [0.25, 0.3) is 95.0 Å². The molecule has 0 atom stereocenters. The molecule has 10 aromatic rings. The molecule has 0 spiro atoms. The number of pyridine rings is 1. The summed E-state index contributed by atoms with van der Waals surface area (Å²) in [5.74, 6) is 0.838. The number of aromatic nitrogens is 3. The van der Waals surface area contributed by atoms with Gasteiger partial charge in [0, 0.05) is 38.6 Å². The average molecular weight is 966 g/mol. The standard InChI is InChI=1S/C56H40N3O.Pt/c1-2-38-36-48(29-30-49(38)43-19-10-5-11-20-43)59-53-23-14-22-50(55(53)58-56(59)51-21-12-13-24-54(51)60)46-33-45(40-17-8-4-9-18-40)34-47(35-46)52-37-44(31-32-57-52)42-27-25-41(26-28-42)39-15-6-3-7-16-39;/h3-34,36-37,60H,2H2,1H3;/q-1;. The van der Waals surface area contributed by atoms with Gasteiger partial charge in [-0.2, -0.15) is 0 Å². The number of imidazole rings is 1. The Bertz CT molecular complexity index is 3120. The van der Waals surface area contributed by atoms with E-state index in [1.807, 2.05) is 42.6 Å². The van der Waals surface area contributed by atoms with Crippen LogP contribution in [0.15, 0.2) is 206 Å². The Balaban J connectivity index is 0.00000476. The third kappa shape index (κ3) is 7.75. The van der Waals surface area contributed by atoms with Crippen molar-refractivity contribution in [2.75, 3.05) is 0 Å². The molecular formula is C56H40N3OPt-. The molecule has 0 aliphatic heterocycles. The number of nitrogens with zero attached hydrogens (tertiary/aromatic N) is 3. The van der Waals surface area contributed by atoms with E-state index in [1.54, 1.807) is 6.07 Å². The van der Waals surface area contributed by atoms with E-state index in [4.69, 9.17) is 9.97 Å². The van der Waals surface area contributed by atoms with Crippen molar-refractivity contribution in [2.45, 2.75) is 13.3 Å². The molecule has 0 fully saturated rings. The largest absolute Gasteiger partial charge is 0.507 e. The summed E-state index contributed by atoms with van der Waals surface area (Å²) < 4.78 is 2.18. The van der Waals surface area contributed by atoms with Crippen LogP contribution in [0.1, 0.15) is 12.5 Å². The number of phenols is 1. The molecule has 0 unspecified atom stereocenters. The molecule has 0 aliphatic carbocycles. The van der Waals surface area contributed by atoms with Gasteiger partial charge >= 0.3 is 0 Å². The molecule has 61 heavy (non-hydrogen) atoms. The van der Waals surface area contributed by atoms with Crippen LogP contribution in [0.2, 0.25) is 0 Å². The van der Waals surface area contributed by atoms with E-state index < -0.39 is 0 Å². The third-order valence-corrected chi connectivity index (χ3v) is 11.3. The van der Waals surface area contributed by atoms with E-state index in [0.717, 1.165) is 67.8 Å². The Hall–Kier alpha value is -7.13. The molecule has 0 radical (unpaired) electrons. The molecule has 10 rings (SSSR count). The summed E-state index contributed by atoms with van der Waals surface area (Å²) in [4.78, 5) is 10.3. The summed E-state index contributed by atoms with van der Waals surface area (Å²) >= 11 is 0. The molecule has 8 aromatic carbocycles. The van der Waals surface area contributed by atoms with E-state index in [0.29, 0.717) is 11.4 Å². The molecular weight excluding hydrogens is 926 g/mol. The van der Waals surface area contributed by atoms with Crippen molar-refractivity contribution in [1.29, 1.82) is 0 Å². The molecule has 0 aliphatic rings. The van der Waals surface area contributed by atoms with E-state index in [9.17, 15) is 5.11 Å². The second-order valence-corrected chi connectivity index (χ2v) is 15.0. The van der Waals surface area contributed by atoms with Crippen LogP contribution in [0.4, 0.5) is 0 Å². The van der Waals surface area contributed by atoms with Crippen LogP contribution >= 0.6 is 0 Å². The van der Waals surface area contributed by atoms with Gasteiger partial charge in [0.15, 0.2) is 0 Å². The van der Waals surface area contributed by atoms with E-state index in [1.165, 1.54) is 27.8 Å². The van der Waals surface area contributed by atoms with Crippen molar-refractivity contribution < 1.29 is 26.2 Å². The summed E-state index contributed by atoms with van der Waals surface area (Å²) in [6.45, 7) is 2.19. The van der Waals surface area contributed by atoms with E-state index >= 15 is 0 Å². The van der Waals surface area contributed by atoms with Gasteiger partial charge < -0.3 is 5.11 Å². The minimum absolute atomic E-state index is 0. The quantitative estimate of drug-likeness (QED) is 0.147. The van der Waals surface area contributed by atoms with Crippen LogP contribution in [0.3, 0.4) is 0 Å². The first-order valence-electron chi connectivity index (χ1n) is 20.4. The zero-order valence-electron chi connectivity index (χ0n) is 33.4. The Kier molecular flexibility index (Phi) is 11.1. The van der Waals surface area contributed by atoms with E-state index in [-0.39, 0.29) is 26.8 Å². The van der Waals surface area contributed by atoms with Gasteiger partial charge in [0.1, 0.15) is 11.6 Å². The maximum Gasteiger partial charge on any atom is 0.148 e. The predicted molar refractivity (Wildman–Crippen MR) is 247 cm³/mol. The molecule has 5 heteroatoms. The summed E-state index contributed by atoms with van der Waals surface area (Å²) in [6, 6.07) is 72.9. The second kappa shape index (κ2) is 17.2. The Morgan fingerprint density at radius 1 is 0.492 bits per heavy atom. The molecule has 296 valence electrons. The normalized spacial score (nSPS) is 11.0. The third-order valence-electron chi connectivity index (χ3n) is 11.3. The van der Waals surface area contributed by atoms with Gasteiger partial charge in [-0.25, -0.2) is 4.98 Å². The van der Waals surface area contributed by atoms with Crippen LogP contribution in [0, 0.1) is 6.07 Å². The van der Waals surface area contributed by atoms with Crippen LogP contribution in [0.5, 0.6) is 5.75 Å². The predicted octanol–water partition coefficient (Wildman–Crippen LogP) is 14.2. The number of para-hydroxylation sites is 2. The van der Waals surface area contributed by atoms with Crippen LogP contribution in [-0.4, -0.2) is 19.6 Å². The summed E-state index contributed by atoms with van der Waals surface area (Å²) in [6.07, 6.45) is 2.74. The smallest absolute Gasteiger partial charge is 0.148 e. The number of hydrogen-bond donors (Lipinski definition) is 1. The second-order valence-electron chi connectivity index (χ2n) is 15.0. The van der Waals surface area contributed by atoms with Gasteiger partial charge in [0.2, 0.25) is 0 Å². The molecule has 2 heterocycles. The van der Waals surface area contributed by atoms with Crippen molar-refractivity contribution >= 4 is 11.0 Å². The van der Waals surface area contributed by atoms with Crippen molar-refractivity contribution in [3.63, 3.8) is 0 Å². The zero-order valence-corrected chi connectivity index (χ0v) is 35.7. The van der Waals surface area contributed by atoms with Gasteiger partial charge in [-0.15, -0.1) is 23.8 Å². The maximum atomic E-state index is 11.3. The number of aromatic hydroxyl groups is 1. The number of aryl methyl sites for hydroxylation is 1. The first-order chi connectivity index (χ1) is 29.6. The minimum Gasteiger partial charge on any atom is -0.507 e. The zero-order chi connectivity index (χ0) is 40.4. The summed E-state index contributed by atoms with van der Waals surface area (Å²) in [5.41, 5.74) is 17.3. The van der Waals surface area contributed by atoms with Gasteiger partial charge in [-0.3, -0.25) is 9.55 Å². The van der Waals surface area contributed by atoms with Crippen LogP contribution in [-0.2, 0) is 27.5 Å². The number of rotatable bonds is 9. The molecule has 0 amide bonds. The van der Waals surface area contributed by atoms with Crippen molar-refractivity contribution in [3.8, 4) is 89.7 Å². The molecule has 2 aromatic heterocycles. The minimum atomic E-state index is 0. The Labute approximate surface area is 370 Å². The fraction of sp³-hybridized carbons (Fsp3) is 0.0357. The van der Waals surface area contributed by atoms with Crippen molar-refractivity contribution in [2.24, 2.45) is 0 Å². The number of benzene rings is 8. The number of fused-ring (bicyclic) bond motifs is 1. The fourth-order valence-electron chi connectivity index (χ4n) is 8.23. The molecule has 0 bridgehead atoms. The van der Waals surface area contributed by atoms with Gasteiger partial charge in [0.25, 0.3) is 0 Å². The molecule has 0 saturated carbocycles. The molecule has 0 saturated heterocycles. The fourth-order valence-corrected chi connectivity index (χ4v) is 8.23. The Morgan fingerprint density at radius 2 is 1.08 bits per heavy atom. The average Bonchev–Trinajstić information content (AvgIpc) is 3.72. The van der Waals surface area contributed by atoms with Crippen LogP contribution < -0.4 is 0 Å². The first kappa shape index (κ1) is 39.3. The van der Waals surface area contributed by atoms with Gasteiger partial charge in [-0.05, 0) is 87.3 Å². The SMILES string of the molecule is CCc1cc(-n2c(-c3ccccc3O)nc3c(-c4[c-]c(-c5cc(-c6ccc(-c7ccccc7)cc6)ccn5)cc(-c5ccccc5)c4)cccc32)ccc1-c1ccccc1.[Pt]. The first-order valence-corrected chi connectivity index (χ1v) is 20.4. The van der Waals surface area contributed by atoms with Gasteiger partial charge in [0.05, 0.1) is 16.6 Å². The summed E-state index contributed by atoms with van der Waals surface area (Å²) in [5, 5.41) is 11.3. The Morgan fingerprint density at radius 3 is 1.77 bits per heavy atom. The maximum absolute atomic E-state index is 11.3. The van der Waals surface area contributed by atoms with Gasteiger partial charge in [-0.1, -0.05) is 175 Å². The topological polar surface area (TPSA) is 50.9 Å². The number of hydrogen-bond acceptors (Lipinski definition) is 3. The van der Waals surface area contributed by atoms with Crippen molar-refractivity contribution in [1.82, 2.24) is 14.5 Å². The van der Waals surface area contributed by atoms with Crippen molar-refractivity contribution in [3.05, 3.63) is 218 Å². The monoisotopic (exact) mass is 965 g/mol. The molecule has 1 N–H and O–H groups in total. The molecule has 4 nitrogen and oxygen atoms in total. The van der Waals surface area contributed by atoms with E-state index in [2.05, 4.69) is 175 Å². The number of phenolic OH excluding ortho intramolecular Hbond substituents is 1.